The maximum atomic E-state index is 12.2. The van der Waals surface area contributed by atoms with Crippen molar-refractivity contribution in [1.29, 1.82) is 0 Å². The molecule has 0 saturated heterocycles. The molecule has 0 atom stereocenters. The molecule has 0 unspecified atom stereocenters. The highest BCUT2D eigenvalue weighted by Crippen LogP contribution is 2.26. The number of amides is 2. The minimum Gasteiger partial charge on any atom is -0.452 e. The van der Waals surface area contributed by atoms with Gasteiger partial charge in [-0.25, -0.2) is 4.79 Å². The molecule has 0 spiro atoms. The zero-order valence-corrected chi connectivity index (χ0v) is 15.4. The Morgan fingerprint density at radius 1 is 1.12 bits per heavy atom. The van der Waals surface area contributed by atoms with Gasteiger partial charge in [0.25, 0.3) is 5.91 Å². The predicted octanol–water partition coefficient (Wildman–Crippen LogP) is 2.68. The van der Waals surface area contributed by atoms with Crippen molar-refractivity contribution in [3.8, 4) is 0 Å². The Morgan fingerprint density at radius 2 is 1.85 bits per heavy atom. The summed E-state index contributed by atoms with van der Waals surface area (Å²) in [6.45, 7) is 3.28. The molecule has 136 valence electrons. The highest BCUT2D eigenvalue weighted by molar-refractivity contribution is 8.00. The molecule has 2 rings (SSSR count). The number of nitrogens with one attached hydrogen (secondary N) is 1. The van der Waals surface area contributed by atoms with Crippen molar-refractivity contribution in [2.24, 2.45) is 5.73 Å². The van der Waals surface area contributed by atoms with E-state index < -0.39 is 24.4 Å². The van der Waals surface area contributed by atoms with Crippen LogP contribution in [-0.2, 0) is 14.3 Å². The van der Waals surface area contributed by atoms with Crippen LogP contribution in [0.1, 0.15) is 21.5 Å². The number of thioether (sulfide) groups is 1. The molecule has 2 amide bonds. The van der Waals surface area contributed by atoms with Crippen LogP contribution in [0.4, 0.5) is 5.69 Å². The Morgan fingerprint density at radius 3 is 2.58 bits per heavy atom. The van der Waals surface area contributed by atoms with Crippen LogP contribution in [0.15, 0.2) is 47.4 Å². The van der Waals surface area contributed by atoms with Crippen LogP contribution < -0.4 is 11.1 Å². The zero-order chi connectivity index (χ0) is 19.1. The summed E-state index contributed by atoms with van der Waals surface area (Å²) in [5.41, 5.74) is 7.84. The monoisotopic (exact) mass is 372 g/mol. The Kier molecular flexibility index (Phi) is 6.80. The number of carbonyl (C=O) groups excluding carboxylic acids is 3. The van der Waals surface area contributed by atoms with Gasteiger partial charge < -0.3 is 15.8 Å². The predicted molar refractivity (Wildman–Crippen MR) is 101 cm³/mol. The first-order chi connectivity index (χ1) is 12.4. The summed E-state index contributed by atoms with van der Waals surface area (Å²) in [6.07, 6.45) is 0. The van der Waals surface area contributed by atoms with Gasteiger partial charge in [-0.05, 0) is 37.6 Å². The number of primary amides is 1. The molecule has 0 aliphatic heterocycles. The Bertz CT molecular complexity index is 836. The van der Waals surface area contributed by atoms with E-state index in [1.54, 1.807) is 30.3 Å². The molecule has 0 bridgehead atoms. The fraction of sp³-hybridized carbons (Fsp3) is 0.211. The van der Waals surface area contributed by atoms with E-state index in [0.29, 0.717) is 16.1 Å². The third-order valence-electron chi connectivity index (χ3n) is 3.48. The van der Waals surface area contributed by atoms with Gasteiger partial charge >= 0.3 is 5.97 Å². The van der Waals surface area contributed by atoms with Gasteiger partial charge in [-0.1, -0.05) is 29.8 Å². The second kappa shape index (κ2) is 9.05. The highest BCUT2D eigenvalue weighted by atomic mass is 32.2. The van der Waals surface area contributed by atoms with E-state index in [9.17, 15) is 14.4 Å². The molecule has 26 heavy (non-hydrogen) atoms. The lowest BCUT2D eigenvalue weighted by molar-refractivity contribution is -0.119. The maximum Gasteiger partial charge on any atom is 0.338 e. The van der Waals surface area contributed by atoms with Crippen LogP contribution >= 0.6 is 11.8 Å². The summed E-state index contributed by atoms with van der Waals surface area (Å²) < 4.78 is 5.10. The minimum atomic E-state index is -0.544. The molecular formula is C19H20N2O4S. The lowest BCUT2D eigenvalue weighted by atomic mass is 10.1. The van der Waals surface area contributed by atoms with Gasteiger partial charge in [0, 0.05) is 4.90 Å². The summed E-state index contributed by atoms with van der Waals surface area (Å²) >= 11 is 1.22. The molecule has 0 aliphatic carbocycles. The van der Waals surface area contributed by atoms with Gasteiger partial charge in [-0.3, -0.25) is 9.59 Å². The first-order valence-electron chi connectivity index (χ1n) is 7.91. The van der Waals surface area contributed by atoms with Crippen LogP contribution in [0.25, 0.3) is 0 Å². The number of hydrogen-bond acceptors (Lipinski definition) is 5. The number of anilines is 1. The van der Waals surface area contributed by atoms with E-state index in [1.807, 2.05) is 26.0 Å². The van der Waals surface area contributed by atoms with Crippen LogP contribution in [0.3, 0.4) is 0 Å². The Balaban J connectivity index is 1.96. The molecule has 6 nitrogen and oxygen atoms in total. The third-order valence-corrected chi connectivity index (χ3v) is 4.57. The number of carbonyl (C=O) groups is 3. The summed E-state index contributed by atoms with van der Waals surface area (Å²) in [5.74, 6) is -1.35. The fourth-order valence-corrected chi connectivity index (χ4v) is 2.94. The molecule has 0 aliphatic rings. The topological polar surface area (TPSA) is 98.5 Å². The van der Waals surface area contributed by atoms with Crippen LogP contribution in [-0.4, -0.2) is 30.1 Å². The second-order valence-electron chi connectivity index (χ2n) is 5.69. The largest absolute Gasteiger partial charge is 0.452 e. The average Bonchev–Trinajstić information content (AvgIpc) is 2.61. The average molecular weight is 372 g/mol. The van der Waals surface area contributed by atoms with Crippen molar-refractivity contribution in [3.63, 3.8) is 0 Å². The van der Waals surface area contributed by atoms with Crippen molar-refractivity contribution in [2.75, 3.05) is 17.7 Å². The summed E-state index contributed by atoms with van der Waals surface area (Å²) in [5, 5.41) is 2.68. The van der Waals surface area contributed by atoms with E-state index in [4.69, 9.17) is 10.5 Å². The van der Waals surface area contributed by atoms with E-state index in [1.165, 1.54) is 11.8 Å². The fourth-order valence-electron chi connectivity index (χ4n) is 2.20. The van der Waals surface area contributed by atoms with Crippen molar-refractivity contribution in [2.45, 2.75) is 18.7 Å². The number of hydrogen-bond donors (Lipinski definition) is 2. The number of aryl methyl sites for hydroxylation is 2. The summed E-state index contributed by atoms with van der Waals surface area (Å²) in [4.78, 5) is 35.9. The molecule has 2 aromatic carbocycles. The van der Waals surface area contributed by atoms with Gasteiger partial charge in [0.2, 0.25) is 5.91 Å². The minimum absolute atomic E-state index is 0.106. The standard InChI is InChI=1S/C19H20N2O4S/c1-12-7-8-13(2)14(9-12)19(24)25-10-18(23)21-15-5-3-4-6-16(15)26-11-17(20)22/h3-9H,10-11H2,1-2H3,(H2,20,22)(H,21,23). The normalized spacial score (nSPS) is 10.2. The first kappa shape index (κ1) is 19.5. The summed E-state index contributed by atoms with van der Waals surface area (Å²) in [7, 11) is 0. The summed E-state index contributed by atoms with van der Waals surface area (Å²) in [6, 6.07) is 12.5. The van der Waals surface area contributed by atoms with Crippen molar-refractivity contribution in [1.82, 2.24) is 0 Å². The SMILES string of the molecule is Cc1ccc(C)c(C(=O)OCC(=O)Nc2ccccc2SCC(N)=O)c1. The van der Waals surface area contributed by atoms with Gasteiger partial charge in [0.05, 0.1) is 17.0 Å². The lowest BCUT2D eigenvalue weighted by Gasteiger charge is -2.11. The Hall–Kier alpha value is -2.80. The quantitative estimate of drug-likeness (QED) is 0.575. The zero-order valence-electron chi connectivity index (χ0n) is 14.6. The number of benzene rings is 2. The van der Waals surface area contributed by atoms with Gasteiger partial charge in [-0.15, -0.1) is 11.8 Å². The molecule has 0 saturated carbocycles. The molecule has 0 aromatic heterocycles. The molecule has 0 fully saturated rings. The Labute approximate surface area is 156 Å². The lowest BCUT2D eigenvalue weighted by Crippen LogP contribution is -2.21. The van der Waals surface area contributed by atoms with Gasteiger partial charge in [0.1, 0.15) is 0 Å². The molecule has 2 aromatic rings. The van der Waals surface area contributed by atoms with Gasteiger partial charge in [0.15, 0.2) is 6.61 Å². The number of nitrogens with two attached hydrogens (primary N) is 1. The van der Waals surface area contributed by atoms with Crippen molar-refractivity contribution < 1.29 is 19.1 Å². The van der Waals surface area contributed by atoms with Crippen LogP contribution in [0.5, 0.6) is 0 Å². The van der Waals surface area contributed by atoms with E-state index in [2.05, 4.69) is 5.32 Å². The number of esters is 1. The van der Waals surface area contributed by atoms with Gasteiger partial charge in [-0.2, -0.15) is 0 Å². The molecule has 0 heterocycles. The number of ether oxygens (including phenoxy) is 1. The van der Waals surface area contributed by atoms with E-state index in [0.717, 1.165) is 11.1 Å². The van der Waals surface area contributed by atoms with Crippen LogP contribution in [0, 0.1) is 13.8 Å². The first-order valence-corrected chi connectivity index (χ1v) is 8.89. The van der Waals surface area contributed by atoms with E-state index in [-0.39, 0.29) is 5.75 Å². The van der Waals surface area contributed by atoms with Crippen molar-refractivity contribution in [3.05, 3.63) is 59.2 Å². The highest BCUT2D eigenvalue weighted by Gasteiger charge is 2.14. The molecule has 3 N–H and O–H groups in total. The van der Waals surface area contributed by atoms with Crippen molar-refractivity contribution >= 4 is 35.2 Å². The smallest absolute Gasteiger partial charge is 0.338 e. The third kappa shape index (κ3) is 5.63. The molecular weight excluding hydrogens is 352 g/mol. The maximum absolute atomic E-state index is 12.2. The van der Waals surface area contributed by atoms with Crippen LogP contribution in [0.2, 0.25) is 0 Å². The number of rotatable bonds is 7. The second-order valence-corrected chi connectivity index (χ2v) is 6.71. The number of para-hydroxylation sites is 1. The molecule has 7 heteroatoms. The molecule has 0 radical (unpaired) electrons. The van der Waals surface area contributed by atoms with E-state index >= 15 is 0 Å².